The fourth-order valence-electron chi connectivity index (χ4n) is 4.58. The van der Waals surface area contributed by atoms with Gasteiger partial charge in [0.2, 0.25) is 0 Å². The summed E-state index contributed by atoms with van der Waals surface area (Å²) < 4.78 is 21.2. The fraction of sp³-hybridized carbons (Fsp3) is 0.500. The maximum absolute atomic E-state index is 13.7. The van der Waals surface area contributed by atoms with Crippen LogP contribution in [0.4, 0.5) is 0 Å². The van der Waals surface area contributed by atoms with Crippen LogP contribution in [0, 0.1) is 11.8 Å². The molecule has 3 unspecified atom stereocenters. The maximum atomic E-state index is 13.7. The zero-order valence-electron chi connectivity index (χ0n) is 20.6. The van der Waals surface area contributed by atoms with Gasteiger partial charge in [0.15, 0.2) is 5.78 Å². The molecule has 184 valence electrons. The second kappa shape index (κ2) is 10.9. The van der Waals surface area contributed by atoms with Gasteiger partial charge in [-0.3, -0.25) is 9.59 Å². The number of esters is 2. The van der Waals surface area contributed by atoms with Gasteiger partial charge in [-0.05, 0) is 50.8 Å². The lowest BCUT2D eigenvalue weighted by Gasteiger charge is -2.38. The molecule has 2 aliphatic rings. The Kier molecular flexibility index (Phi) is 8.15. The lowest BCUT2D eigenvalue weighted by molar-refractivity contribution is -0.151. The van der Waals surface area contributed by atoms with E-state index in [0.717, 1.165) is 11.3 Å². The molecule has 0 aromatic heterocycles. The summed E-state index contributed by atoms with van der Waals surface area (Å²) in [5.41, 5.74) is 2.79. The molecular formula is C26H33NO7. The third kappa shape index (κ3) is 5.17. The summed E-state index contributed by atoms with van der Waals surface area (Å²) in [4.78, 5) is 39.4. The minimum Gasteiger partial charge on any atom is -0.497 e. The molecule has 1 aromatic carbocycles. The van der Waals surface area contributed by atoms with E-state index in [1.165, 1.54) is 7.11 Å². The zero-order valence-corrected chi connectivity index (χ0v) is 20.6. The molecular weight excluding hydrogens is 438 g/mol. The predicted molar refractivity (Wildman–Crippen MR) is 125 cm³/mol. The molecule has 0 radical (unpaired) electrons. The molecule has 0 amide bonds. The van der Waals surface area contributed by atoms with Gasteiger partial charge in [-0.25, -0.2) is 4.79 Å². The average Bonchev–Trinajstić information content (AvgIpc) is 2.80. The van der Waals surface area contributed by atoms with Gasteiger partial charge in [-0.2, -0.15) is 0 Å². The predicted octanol–water partition coefficient (Wildman–Crippen LogP) is 3.28. The van der Waals surface area contributed by atoms with Gasteiger partial charge < -0.3 is 24.3 Å². The molecule has 3 rings (SSSR count). The maximum Gasteiger partial charge on any atom is 0.336 e. The zero-order chi connectivity index (χ0) is 25.0. The molecule has 1 aliphatic carbocycles. The first-order valence-electron chi connectivity index (χ1n) is 11.4. The first kappa shape index (κ1) is 25.5. The van der Waals surface area contributed by atoms with Crippen LogP contribution < -0.4 is 10.1 Å². The van der Waals surface area contributed by atoms with E-state index in [-0.39, 0.29) is 31.0 Å². The van der Waals surface area contributed by atoms with Gasteiger partial charge in [0.25, 0.3) is 0 Å². The van der Waals surface area contributed by atoms with Crippen LogP contribution in [-0.4, -0.2) is 51.3 Å². The number of methoxy groups -OCH3 is 2. The van der Waals surface area contributed by atoms with Crippen molar-refractivity contribution in [2.45, 2.75) is 46.1 Å². The van der Waals surface area contributed by atoms with Crippen LogP contribution in [0.3, 0.4) is 0 Å². The van der Waals surface area contributed by atoms with E-state index in [4.69, 9.17) is 18.9 Å². The summed E-state index contributed by atoms with van der Waals surface area (Å²) in [7, 11) is 2.84. The van der Waals surface area contributed by atoms with Crippen LogP contribution in [0.2, 0.25) is 0 Å². The Balaban J connectivity index is 2.03. The highest BCUT2D eigenvalue weighted by Gasteiger charge is 2.47. The lowest BCUT2D eigenvalue weighted by atomic mass is 9.69. The molecule has 0 bridgehead atoms. The second-order valence-corrected chi connectivity index (χ2v) is 8.86. The largest absolute Gasteiger partial charge is 0.497 e. The summed E-state index contributed by atoms with van der Waals surface area (Å²) in [5.74, 6) is -2.65. The number of rotatable bonds is 8. The van der Waals surface area contributed by atoms with Crippen LogP contribution in [0.25, 0.3) is 0 Å². The summed E-state index contributed by atoms with van der Waals surface area (Å²) in [6.45, 7) is 7.81. The van der Waals surface area contributed by atoms with Gasteiger partial charge in [-0.15, -0.1) is 0 Å². The molecule has 3 atom stereocenters. The van der Waals surface area contributed by atoms with Gasteiger partial charge in [0.05, 0.1) is 32.5 Å². The molecule has 1 aliphatic heterocycles. The number of hydrogen-bond acceptors (Lipinski definition) is 8. The number of ether oxygens (including phenoxy) is 4. The number of carbonyl (C=O) groups excluding carboxylic acids is 3. The molecule has 0 saturated carbocycles. The van der Waals surface area contributed by atoms with Crippen LogP contribution in [-0.2, 0) is 28.6 Å². The first-order chi connectivity index (χ1) is 16.2. The molecule has 1 aromatic rings. The number of nitrogens with one attached hydrogen (secondary N) is 1. The normalized spacial score (nSPS) is 22.3. The molecule has 1 N–H and O–H groups in total. The van der Waals surface area contributed by atoms with Crippen LogP contribution in [0.15, 0.2) is 46.8 Å². The Morgan fingerprint density at radius 3 is 2.38 bits per heavy atom. The number of carbonyl (C=O) groups is 3. The lowest BCUT2D eigenvalue weighted by Crippen LogP contribution is -2.43. The quantitative estimate of drug-likeness (QED) is 0.350. The van der Waals surface area contributed by atoms with Crippen molar-refractivity contribution >= 4 is 17.7 Å². The van der Waals surface area contributed by atoms with Crippen LogP contribution in [0.1, 0.15) is 45.6 Å². The van der Waals surface area contributed by atoms with Crippen molar-refractivity contribution in [1.82, 2.24) is 5.32 Å². The van der Waals surface area contributed by atoms with E-state index in [0.29, 0.717) is 29.0 Å². The van der Waals surface area contributed by atoms with E-state index in [9.17, 15) is 14.4 Å². The van der Waals surface area contributed by atoms with Crippen molar-refractivity contribution in [1.29, 1.82) is 0 Å². The van der Waals surface area contributed by atoms with E-state index in [1.54, 1.807) is 26.2 Å². The molecule has 8 heteroatoms. The highest BCUT2D eigenvalue weighted by atomic mass is 16.6. The van der Waals surface area contributed by atoms with Gasteiger partial charge in [-0.1, -0.05) is 19.1 Å². The van der Waals surface area contributed by atoms with Gasteiger partial charge >= 0.3 is 11.9 Å². The highest BCUT2D eigenvalue weighted by molar-refractivity contribution is 6.12. The standard InChI is InChI=1S/C26H33NO7/c1-14(2)33-11-12-34-26(30)21-16(4)27-19-13-15(3)20(25(29)32-6)24(28)23(19)22(21)17-7-9-18(31-5)10-8-17/h7-10,14-15,20,22,27H,11-13H2,1-6H3. The monoisotopic (exact) mass is 471 g/mol. The Morgan fingerprint density at radius 1 is 1.12 bits per heavy atom. The number of hydrogen-bond donors (Lipinski definition) is 1. The van der Waals surface area contributed by atoms with Crippen molar-refractivity contribution in [3.63, 3.8) is 0 Å². The van der Waals surface area contributed by atoms with Crippen molar-refractivity contribution in [3.8, 4) is 5.75 Å². The minimum absolute atomic E-state index is 0.0212. The Labute approximate surface area is 200 Å². The highest BCUT2D eigenvalue weighted by Crippen LogP contribution is 2.45. The number of dihydropyridines is 1. The van der Waals surface area contributed by atoms with E-state index < -0.39 is 23.8 Å². The summed E-state index contributed by atoms with van der Waals surface area (Å²) in [5, 5.41) is 3.25. The molecule has 8 nitrogen and oxygen atoms in total. The number of benzene rings is 1. The van der Waals surface area contributed by atoms with E-state index >= 15 is 0 Å². The Hall–Kier alpha value is -3.13. The minimum atomic E-state index is -0.929. The number of Topliss-reactive ketones (excluding diaryl/α,β-unsaturated/α-hetero) is 1. The molecule has 0 fully saturated rings. The molecule has 0 spiro atoms. The molecule has 1 heterocycles. The Morgan fingerprint density at radius 2 is 1.79 bits per heavy atom. The number of ketones is 1. The summed E-state index contributed by atoms with van der Waals surface area (Å²) >= 11 is 0. The van der Waals surface area contributed by atoms with Gasteiger partial charge in [0.1, 0.15) is 18.3 Å². The second-order valence-electron chi connectivity index (χ2n) is 8.86. The van der Waals surface area contributed by atoms with Crippen molar-refractivity contribution in [2.24, 2.45) is 11.8 Å². The van der Waals surface area contributed by atoms with Crippen LogP contribution >= 0.6 is 0 Å². The van der Waals surface area contributed by atoms with Crippen LogP contribution in [0.5, 0.6) is 5.75 Å². The van der Waals surface area contributed by atoms with E-state index in [2.05, 4.69) is 5.32 Å². The third-order valence-corrected chi connectivity index (χ3v) is 6.18. The van der Waals surface area contributed by atoms with E-state index in [1.807, 2.05) is 32.9 Å². The number of allylic oxidation sites excluding steroid dienone is 3. The van der Waals surface area contributed by atoms with Crippen molar-refractivity contribution < 1.29 is 33.3 Å². The SMILES string of the molecule is COC(=O)C1C(=O)C2=C(CC1C)NC(C)=C(C(=O)OCCOC(C)C)C2c1ccc(OC)cc1. The topological polar surface area (TPSA) is 100 Å². The van der Waals surface area contributed by atoms with Gasteiger partial charge in [0, 0.05) is 22.9 Å². The van der Waals surface area contributed by atoms with Crippen molar-refractivity contribution in [2.75, 3.05) is 27.4 Å². The average molecular weight is 472 g/mol. The third-order valence-electron chi connectivity index (χ3n) is 6.18. The smallest absolute Gasteiger partial charge is 0.336 e. The Bertz CT molecular complexity index is 1010. The molecule has 34 heavy (non-hydrogen) atoms. The summed E-state index contributed by atoms with van der Waals surface area (Å²) in [6, 6.07) is 7.20. The van der Waals surface area contributed by atoms with Crippen molar-refractivity contribution in [3.05, 3.63) is 52.4 Å². The first-order valence-corrected chi connectivity index (χ1v) is 11.4. The fourth-order valence-corrected chi connectivity index (χ4v) is 4.58. The summed E-state index contributed by atoms with van der Waals surface area (Å²) in [6.07, 6.45) is 0.503. The molecule has 0 saturated heterocycles.